The number of rotatable bonds is 30. The number of hydrogen-bond acceptors (Lipinski definition) is 6. The van der Waals surface area contributed by atoms with Crippen molar-refractivity contribution in [2.45, 2.75) is 161 Å². The van der Waals surface area contributed by atoms with Gasteiger partial charge in [0.1, 0.15) is 6.61 Å². The van der Waals surface area contributed by atoms with Gasteiger partial charge in [-0.3, -0.25) is 14.1 Å². The van der Waals surface area contributed by atoms with E-state index in [1.165, 1.54) is 64.2 Å². The lowest BCUT2D eigenvalue weighted by atomic mass is 10.1. The second kappa shape index (κ2) is 29.6. The zero-order valence-electron chi connectivity index (χ0n) is 26.6. The number of phosphoric acid groups is 1. The average molecular weight is 617 g/mol. The van der Waals surface area contributed by atoms with Crippen LogP contribution in [0.15, 0.2) is 24.3 Å². The number of unbranched alkanes of at least 4 members (excludes halogenated alkanes) is 16. The average Bonchev–Trinajstić information content (AvgIpc) is 2.95. The number of phosphoric ester groups is 1. The number of ether oxygens (including phenoxy) is 2. The minimum absolute atomic E-state index is 0.198. The molecule has 8 nitrogen and oxygen atoms in total. The molecule has 0 aliphatic rings. The van der Waals surface area contributed by atoms with Gasteiger partial charge in [0.15, 0.2) is 6.10 Å². The Labute approximate surface area is 256 Å². The molecule has 0 saturated carbocycles. The fourth-order valence-corrected chi connectivity index (χ4v) is 4.82. The van der Waals surface area contributed by atoms with Gasteiger partial charge in [-0.2, -0.15) is 0 Å². The largest absolute Gasteiger partial charge is 0.469 e. The van der Waals surface area contributed by atoms with E-state index < -0.39 is 32.5 Å². The van der Waals surface area contributed by atoms with E-state index in [9.17, 15) is 14.2 Å². The van der Waals surface area contributed by atoms with Crippen LogP contribution >= 0.6 is 7.82 Å². The third kappa shape index (κ3) is 31.5. The highest BCUT2D eigenvalue weighted by atomic mass is 31.2. The Kier molecular flexibility index (Phi) is 28.6. The fourth-order valence-electron chi connectivity index (χ4n) is 4.46. The minimum atomic E-state index is -4.74. The lowest BCUT2D eigenvalue weighted by Gasteiger charge is -2.18. The summed E-state index contributed by atoms with van der Waals surface area (Å²) < 4.78 is 26.1. The van der Waals surface area contributed by atoms with Crippen molar-refractivity contribution < 1.29 is 37.9 Å². The zero-order chi connectivity index (χ0) is 31.2. The summed E-state index contributed by atoms with van der Waals surface area (Å²) in [6.07, 6.45) is 30.5. The van der Waals surface area contributed by atoms with Gasteiger partial charge >= 0.3 is 19.8 Å². The van der Waals surface area contributed by atoms with E-state index in [-0.39, 0.29) is 19.4 Å². The summed E-state index contributed by atoms with van der Waals surface area (Å²) in [5.41, 5.74) is 0. The van der Waals surface area contributed by atoms with Crippen LogP contribution in [0.3, 0.4) is 0 Å². The van der Waals surface area contributed by atoms with E-state index in [4.69, 9.17) is 19.3 Å². The van der Waals surface area contributed by atoms with Crippen molar-refractivity contribution >= 4 is 19.8 Å². The summed E-state index contributed by atoms with van der Waals surface area (Å²) >= 11 is 0. The summed E-state index contributed by atoms with van der Waals surface area (Å²) in [7, 11) is -4.74. The third-order valence-corrected chi connectivity index (χ3v) is 7.46. The van der Waals surface area contributed by atoms with Crippen LogP contribution in [0.1, 0.15) is 155 Å². The molecule has 0 rings (SSSR count). The first-order valence-electron chi connectivity index (χ1n) is 16.6. The number of carbonyl (C=O) groups is 2. The molecule has 2 N–H and O–H groups in total. The molecule has 0 aromatic heterocycles. The highest BCUT2D eigenvalue weighted by molar-refractivity contribution is 7.46. The predicted octanol–water partition coefficient (Wildman–Crippen LogP) is 9.29. The van der Waals surface area contributed by atoms with E-state index in [1.54, 1.807) is 0 Å². The second-order valence-corrected chi connectivity index (χ2v) is 12.4. The van der Waals surface area contributed by atoms with Crippen molar-refractivity contribution in [2.75, 3.05) is 13.2 Å². The molecule has 42 heavy (non-hydrogen) atoms. The van der Waals surface area contributed by atoms with Crippen molar-refractivity contribution in [3.8, 4) is 0 Å². The van der Waals surface area contributed by atoms with Crippen LogP contribution in [0, 0.1) is 0 Å². The topological polar surface area (TPSA) is 119 Å². The van der Waals surface area contributed by atoms with Gasteiger partial charge in [-0.05, 0) is 44.9 Å². The Bertz CT molecular complexity index is 746. The van der Waals surface area contributed by atoms with Crippen molar-refractivity contribution in [2.24, 2.45) is 0 Å². The Morgan fingerprint density at radius 2 is 1.07 bits per heavy atom. The fraction of sp³-hybridized carbons (Fsp3) is 0.818. The second-order valence-electron chi connectivity index (χ2n) is 11.1. The van der Waals surface area contributed by atoms with E-state index in [2.05, 4.69) is 42.7 Å². The van der Waals surface area contributed by atoms with E-state index in [1.807, 2.05) is 0 Å². The summed E-state index contributed by atoms with van der Waals surface area (Å²) in [4.78, 5) is 42.4. The number of hydrogen-bond donors (Lipinski definition) is 2. The van der Waals surface area contributed by atoms with Gasteiger partial charge in [-0.15, -0.1) is 0 Å². The Morgan fingerprint density at radius 3 is 1.62 bits per heavy atom. The van der Waals surface area contributed by atoms with Crippen LogP contribution in [0.4, 0.5) is 0 Å². The molecule has 0 aromatic carbocycles. The molecule has 0 aromatic rings. The van der Waals surface area contributed by atoms with Crippen LogP contribution in [0.5, 0.6) is 0 Å². The summed E-state index contributed by atoms with van der Waals surface area (Å²) in [6, 6.07) is 0. The molecule has 0 aliphatic carbocycles. The summed E-state index contributed by atoms with van der Waals surface area (Å²) in [5.74, 6) is -0.904. The molecule has 0 amide bonds. The Balaban J connectivity index is 4.04. The molecule has 1 unspecified atom stereocenters. The van der Waals surface area contributed by atoms with Gasteiger partial charge in [-0.25, -0.2) is 4.57 Å². The molecule has 246 valence electrons. The molecule has 0 saturated heterocycles. The van der Waals surface area contributed by atoms with Crippen molar-refractivity contribution in [1.82, 2.24) is 0 Å². The Morgan fingerprint density at radius 1 is 0.619 bits per heavy atom. The molecule has 0 aliphatic heterocycles. The first-order valence-corrected chi connectivity index (χ1v) is 18.2. The monoisotopic (exact) mass is 616 g/mol. The normalized spacial score (nSPS) is 12.8. The van der Waals surface area contributed by atoms with Gasteiger partial charge in [0.2, 0.25) is 0 Å². The lowest BCUT2D eigenvalue weighted by molar-refractivity contribution is -0.161. The first kappa shape index (κ1) is 40.5. The molecule has 0 bridgehead atoms. The van der Waals surface area contributed by atoms with Gasteiger partial charge in [0.05, 0.1) is 6.61 Å². The van der Waals surface area contributed by atoms with Gasteiger partial charge in [-0.1, -0.05) is 122 Å². The SMILES string of the molecule is CCCCC/C=C\C/C=C\CCCCCCCC(=O)OC(COC(=O)CCCCCCCCCCC)COP(=O)(O)O. The quantitative estimate of drug-likeness (QED) is 0.0355. The minimum Gasteiger partial charge on any atom is -0.462 e. The lowest BCUT2D eigenvalue weighted by Crippen LogP contribution is -2.29. The molecule has 1 atom stereocenters. The summed E-state index contributed by atoms with van der Waals surface area (Å²) in [5, 5.41) is 0. The maximum atomic E-state index is 12.3. The van der Waals surface area contributed by atoms with Crippen molar-refractivity contribution in [1.29, 1.82) is 0 Å². The highest BCUT2D eigenvalue weighted by Gasteiger charge is 2.22. The molecule has 0 heterocycles. The van der Waals surface area contributed by atoms with Crippen LogP contribution in [0.25, 0.3) is 0 Å². The molecule has 0 fully saturated rings. The number of carbonyl (C=O) groups excluding carboxylic acids is 2. The number of allylic oxidation sites excluding steroid dienone is 4. The third-order valence-electron chi connectivity index (χ3n) is 6.97. The maximum Gasteiger partial charge on any atom is 0.469 e. The van der Waals surface area contributed by atoms with Gasteiger partial charge in [0, 0.05) is 12.8 Å². The number of esters is 2. The first-order chi connectivity index (χ1) is 20.3. The molecular weight excluding hydrogens is 555 g/mol. The molecular formula is C33H61O8P. The Hall–Kier alpha value is -1.47. The van der Waals surface area contributed by atoms with Crippen molar-refractivity contribution in [3.05, 3.63) is 24.3 Å². The van der Waals surface area contributed by atoms with Crippen LogP contribution < -0.4 is 0 Å². The van der Waals surface area contributed by atoms with E-state index in [0.29, 0.717) is 6.42 Å². The van der Waals surface area contributed by atoms with Crippen LogP contribution in [-0.2, 0) is 28.2 Å². The van der Waals surface area contributed by atoms with Gasteiger partial charge in [0.25, 0.3) is 0 Å². The van der Waals surface area contributed by atoms with Crippen LogP contribution in [-0.4, -0.2) is 41.0 Å². The standard InChI is InChI=1S/C33H61O8P/c1-3-5-7-9-11-13-14-15-16-17-18-20-22-24-26-28-33(35)41-31(30-40-42(36,37)38)29-39-32(34)27-25-23-21-19-12-10-8-6-4-2/h11,13,15-16,31H,3-10,12,14,17-30H2,1-2H3,(H2,36,37,38)/b13-11-,16-15-. The summed E-state index contributed by atoms with van der Waals surface area (Å²) in [6.45, 7) is 3.60. The van der Waals surface area contributed by atoms with E-state index >= 15 is 0 Å². The van der Waals surface area contributed by atoms with E-state index in [0.717, 1.165) is 57.8 Å². The smallest absolute Gasteiger partial charge is 0.462 e. The zero-order valence-corrected chi connectivity index (χ0v) is 27.5. The maximum absolute atomic E-state index is 12.3. The molecule has 9 heteroatoms. The molecule has 0 radical (unpaired) electrons. The highest BCUT2D eigenvalue weighted by Crippen LogP contribution is 2.35. The molecule has 0 spiro atoms. The van der Waals surface area contributed by atoms with Gasteiger partial charge < -0.3 is 19.3 Å². The van der Waals surface area contributed by atoms with Crippen LogP contribution in [0.2, 0.25) is 0 Å². The predicted molar refractivity (Wildman–Crippen MR) is 170 cm³/mol. The van der Waals surface area contributed by atoms with Crippen molar-refractivity contribution in [3.63, 3.8) is 0 Å².